The Morgan fingerprint density at radius 3 is 2.35 bits per heavy atom. The average Bonchev–Trinajstić information content (AvgIpc) is 2.46. The zero-order valence-electron chi connectivity index (χ0n) is 11.3. The average molecular weight is 286 g/mol. The van der Waals surface area contributed by atoms with E-state index in [0.717, 1.165) is 28.4 Å². The first-order chi connectivity index (χ1) is 9.65. The molecule has 2 aromatic carbocycles. The van der Waals surface area contributed by atoms with Gasteiger partial charge in [-0.3, -0.25) is 4.79 Å². The molecule has 2 aromatic rings. The molecule has 3 heteroatoms. The molecule has 1 N–H and O–H groups in total. The zero-order chi connectivity index (χ0) is 14.4. The molecule has 0 atom stereocenters. The van der Waals surface area contributed by atoms with Crippen LogP contribution in [0.15, 0.2) is 54.6 Å². The number of hydrogen-bond acceptors (Lipinski definition) is 2. The summed E-state index contributed by atoms with van der Waals surface area (Å²) in [6, 6.07) is 15.2. The maximum atomic E-state index is 11.2. The third-order valence-electron chi connectivity index (χ3n) is 2.90. The first-order valence-corrected chi connectivity index (χ1v) is 6.80. The number of anilines is 1. The lowest BCUT2D eigenvalue weighted by Crippen LogP contribution is -1.99. The second kappa shape index (κ2) is 6.92. The van der Waals surface area contributed by atoms with Gasteiger partial charge in [-0.2, -0.15) is 0 Å². The van der Waals surface area contributed by atoms with E-state index in [0.29, 0.717) is 0 Å². The van der Waals surface area contributed by atoms with Crippen LogP contribution < -0.4 is 5.32 Å². The lowest BCUT2D eigenvalue weighted by Gasteiger charge is -2.03. The lowest BCUT2D eigenvalue weighted by atomic mass is 10.1. The Morgan fingerprint density at radius 2 is 1.75 bits per heavy atom. The van der Waals surface area contributed by atoms with Crippen LogP contribution in [0, 0.1) is 0 Å². The van der Waals surface area contributed by atoms with Gasteiger partial charge in [0.15, 0.2) is 5.78 Å². The van der Waals surface area contributed by atoms with Gasteiger partial charge in [0.25, 0.3) is 0 Å². The van der Waals surface area contributed by atoms with Crippen LogP contribution >= 0.6 is 11.6 Å². The molecule has 2 nitrogen and oxygen atoms in total. The summed E-state index contributed by atoms with van der Waals surface area (Å²) in [4.78, 5) is 11.2. The van der Waals surface area contributed by atoms with E-state index in [-0.39, 0.29) is 5.78 Å². The number of nitrogens with one attached hydrogen (secondary N) is 1. The van der Waals surface area contributed by atoms with E-state index in [1.54, 1.807) is 6.92 Å². The molecule has 0 heterocycles. The molecule has 0 aliphatic heterocycles. The van der Waals surface area contributed by atoms with Crippen LogP contribution in [-0.2, 0) is 0 Å². The number of Topliss-reactive ketones (excluding diaryl/α,β-unsaturated/α-hetero) is 1. The van der Waals surface area contributed by atoms with Crippen molar-refractivity contribution in [3.05, 3.63) is 70.8 Å². The van der Waals surface area contributed by atoms with Crippen molar-refractivity contribution in [2.75, 3.05) is 11.9 Å². The molecule has 0 radical (unpaired) electrons. The molecule has 0 unspecified atom stereocenters. The molecule has 102 valence electrons. The van der Waals surface area contributed by atoms with Crippen molar-refractivity contribution < 1.29 is 4.79 Å². The minimum absolute atomic E-state index is 0.0826. The number of carbonyl (C=O) groups is 1. The second-order valence-electron chi connectivity index (χ2n) is 4.47. The number of hydrogen-bond donors (Lipinski definition) is 1. The van der Waals surface area contributed by atoms with Crippen LogP contribution in [0.5, 0.6) is 0 Å². The van der Waals surface area contributed by atoms with E-state index in [9.17, 15) is 4.79 Å². The topological polar surface area (TPSA) is 29.1 Å². The summed E-state index contributed by atoms with van der Waals surface area (Å²) < 4.78 is 0. The Bertz CT molecular complexity index is 600. The molecule has 0 aliphatic carbocycles. The Balaban J connectivity index is 1.86. The largest absolute Gasteiger partial charge is 0.382 e. The summed E-state index contributed by atoms with van der Waals surface area (Å²) in [5.41, 5.74) is 2.84. The molecule has 0 saturated carbocycles. The van der Waals surface area contributed by atoms with Gasteiger partial charge in [0.05, 0.1) is 0 Å². The Labute approximate surface area is 124 Å². The van der Waals surface area contributed by atoms with Crippen molar-refractivity contribution in [2.45, 2.75) is 6.92 Å². The molecule has 0 bridgehead atoms. The molecular weight excluding hydrogens is 270 g/mol. The van der Waals surface area contributed by atoms with Crippen molar-refractivity contribution in [1.82, 2.24) is 0 Å². The van der Waals surface area contributed by atoms with Crippen LogP contribution in [0.1, 0.15) is 22.8 Å². The highest BCUT2D eigenvalue weighted by Crippen LogP contribution is 2.11. The third kappa shape index (κ3) is 4.25. The predicted molar refractivity (Wildman–Crippen MR) is 85.4 cm³/mol. The van der Waals surface area contributed by atoms with Gasteiger partial charge in [0.1, 0.15) is 0 Å². The first-order valence-electron chi connectivity index (χ1n) is 6.42. The van der Waals surface area contributed by atoms with Crippen molar-refractivity contribution in [1.29, 1.82) is 0 Å². The van der Waals surface area contributed by atoms with E-state index in [1.165, 1.54) is 0 Å². The highest BCUT2D eigenvalue weighted by molar-refractivity contribution is 6.30. The van der Waals surface area contributed by atoms with Crippen LogP contribution in [0.25, 0.3) is 6.08 Å². The van der Waals surface area contributed by atoms with E-state index in [1.807, 2.05) is 60.7 Å². The van der Waals surface area contributed by atoms with Gasteiger partial charge in [-0.05, 0) is 48.9 Å². The van der Waals surface area contributed by atoms with Gasteiger partial charge in [0.2, 0.25) is 0 Å². The van der Waals surface area contributed by atoms with Crippen molar-refractivity contribution in [3.63, 3.8) is 0 Å². The fourth-order valence-electron chi connectivity index (χ4n) is 1.77. The SMILES string of the molecule is CC(=O)c1ccc(NCC=Cc2ccc(Cl)cc2)cc1. The minimum atomic E-state index is 0.0826. The van der Waals surface area contributed by atoms with Crippen LogP contribution in [0.3, 0.4) is 0 Å². The molecular formula is C17H16ClNO. The van der Waals surface area contributed by atoms with E-state index in [4.69, 9.17) is 11.6 Å². The van der Waals surface area contributed by atoms with Crippen LogP contribution in [-0.4, -0.2) is 12.3 Å². The zero-order valence-corrected chi connectivity index (χ0v) is 12.0. The van der Waals surface area contributed by atoms with Gasteiger partial charge in [-0.25, -0.2) is 0 Å². The predicted octanol–water partition coefficient (Wildman–Crippen LogP) is 4.67. The number of halogens is 1. The standard InChI is InChI=1S/C17H16ClNO/c1-13(20)15-6-10-17(11-7-15)19-12-2-3-14-4-8-16(18)9-5-14/h2-11,19H,12H2,1H3. The molecule has 0 spiro atoms. The van der Waals surface area contributed by atoms with Crippen molar-refractivity contribution in [2.24, 2.45) is 0 Å². The van der Waals surface area contributed by atoms with Gasteiger partial charge in [-0.1, -0.05) is 35.9 Å². The summed E-state index contributed by atoms with van der Waals surface area (Å²) in [6.45, 7) is 2.29. The highest BCUT2D eigenvalue weighted by Gasteiger charge is 1.97. The molecule has 0 aromatic heterocycles. The van der Waals surface area contributed by atoms with Gasteiger partial charge in [0, 0.05) is 22.8 Å². The third-order valence-corrected chi connectivity index (χ3v) is 3.15. The summed E-state index contributed by atoms with van der Waals surface area (Å²) in [5.74, 6) is 0.0826. The van der Waals surface area contributed by atoms with Gasteiger partial charge in [-0.15, -0.1) is 0 Å². The quantitative estimate of drug-likeness (QED) is 0.809. The maximum absolute atomic E-state index is 11.2. The summed E-state index contributed by atoms with van der Waals surface area (Å²) >= 11 is 5.83. The van der Waals surface area contributed by atoms with Crippen LogP contribution in [0.4, 0.5) is 5.69 Å². The first kappa shape index (κ1) is 14.4. The second-order valence-corrected chi connectivity index (χ2v) is 4.90. The highest BCUT2D eigenvalue weighted by atomic mass is 35.5. The number of benzene rings is 2. The minimum Gasteiger partial charge on any atom is -0.382 e. The molecule has 0 saturated heterocycles. The number of rotatable bonds is 5. The summed E-state index contributed by atoms with van der Waals surface area (Å²) in [5, 5.41) is 4.01. The van der Waals surface area contributed by atoms with Crippen LogP contribution in [0.2, 0.25) is 5.02 Å². The van der Waals surface area contributed by atoms with Gasteiger partial charge >= 0.3 is 0 Å². The summed E-state index contributed by atoms with van der Waals surface area (Å²) in [6.07, 6.45) is 4.08. The number of carbonyl (C=O) groups excluding carboxylic acids is 1. The Morgan fingerprint density at radius 1 is 1.10 bits per heavy atom. The van der Waals surface area contributed by atoms with E-state index in [2.05, 4.69) is 5.32 Å². The monoisotopic (exact) mass is 285 g/mol. The lowest BCUT2D eigenvalue weighted by molar-refractivity contribution is 0.101. The Hall–Kier alpha value is -2.06. The molecule has 20 heavy (non-hydrogen) atoms. The molecule has 0 amide bonds. The van der Waals surface area contributed by atoms with Crippen molar-refractivity contribution in [3.8, 4) is 0 Å². The molecule has 0 aliphatic rings. The molecule has 0 fully saturated rings. The normalized spacial score (nSPS) is 10.7. The van der Waals surface area contributed by atoms with Crippen molar-refractivity contribution >= 4 is 29.1 Å². The Kier molecular flexibility index (Phi) is 4.97. The smallest absolute Gasteiger partial charge is 0.159 e. The fraction of sp³-hybridized carbons (Fsp3) is 0.118. The molecule has 2 rings (SSSR count). The summed E-state index contributed by atoms with van der Waals surface area (Å²) in [7, 11) is 0. The van der Waals surface area contributed by atoms with Gasteiger partial charge < -0.3 is 5.32 Å². The van der Waals surface area contributed by atoms with E-state index >= 15 is 0 Å². The van der Waals surface area contributed by atoms with E-state index < -0.39 is 0 Å². The number of ketones is 1. The maximum Gasteiger partial charge on any atom is 0.159 e. The fourth-order valence-corrected chi connectivity index (χ4v) is 1.89.